The number of pyridine rings is 1. The topological polar surface area (TPSA) is 63.2 Å². The SMILES string of the molecule is CCNc1ccc(C(=O)NCC2CCCCO2)nc1. The molecule has 1 unspecified atom stereocenters. The average molecular weight is 263 g/mol. The molecule has 1 saturated heterocycles. The Bertz CT molecular complexity index is 400. The summed E-state index contributed by atoms with van der Waals surface area (Å²) in [4.78, 5) is 16.1. The summed E-state index contributed by atoms with van der Waals surface area (Å²) in [5, 5.41) is 6.02. The maximum atomic E-state index is 11.9. The van der Waals surface area contributed by atoms with Crippen molar-refractivity contribution in [2.75, 3.05) is 25.0 Å². The molecule has 5 heteroatoms. The number of rotatable bonds is 5. The fourth-order valence-electron chi connectivity index (χ4n) is 2.10. The van der Waals surface area contributed by atoms with Crippen molar-refractivity contribution in [3.63, 3.8) is 0 Å². The molecular formula is C14H21N3O2. The van der Waals surface area contributed by atoms with Gasteiger partial charge in [-0.05, 0) is 38.3 Å². The van der Waals surface area contributed by atoms with E-state index in [0.29, 0.717) is 12.2 Å². The molecule has 19 heavy (non-hydrogen) atoms. The van der Waals surface area contributed by atoms with E-state index in [1.54, 1.807) is 12.3 Å². The van der Waals surface area contributed by atoms with Crippen molar-refractivity contribution in [2.24, 2.45) is 0 Å². The standard InChI is InChI=1S/C14H21N3O2/c1-2-15-11-6-7-13(16-9-11)14(18)17-10-12-5-3-4-8-19-12/h6-7,9,12,15H,2-5,8,10H2,1H3,(H,17,18). The first kappa shape index (κ1) is 13.8. The van der Waals surface area contributed by atoms with Gasteiger partial charge in [0.15, 0.2) is 0 Å². The largest absolute Gasteiger partial charge is 0.384 e. The Kier molecular flexibility index (Phi) is 5.15. The molecule has 1 fully saturated rings. The van der Waals surface area contributed by atoms with Crippen molar-refractivity contribution in [1.82, 2.24) is 10.3 Å². The van der Waals surface area contributed by atoms with Gasteiger partial charge in [-0.2, -0.15) is 0 Å². The molecule has 1 aromatic heterocycles. The highest BCUT2D eigenvalue weighted by atomic mass is 16.5. The zero-order valence-corrected chi connectivity index (χ0v) is 11.3. The molecule has 0 radical (unpaired) electrons. The molecule has 1 aliphatic heterocycles. The van der Waals surface area contributed by atoms with E-state index >= 15 is 0 Å². The summed E-state index contributed by atoms with van der Waals surface area (Å²) in [7, 11) is 0. The van der Waals surface area contributed by atoms with Gasteiger partial charge in [0, 0.05) is 19.7 Å². The lowest BCUT2D eigenvalue weighted by molar-refractivity contribution is 0.0168. The highest BCUT2D eigenvalue weighted by Crippen LogP contribution is 2.12. The Morgan fingerprint density at radius 3 is 3.00 bits per heavy atom. The lowest BCUT2D eigenvalue weighted by Crippen LogP contribution is -2.35. The summed E-state index contributed by atoms with van der Waals surface area (Å²) < 4.78 is 5.57. The third kappa shape index (κ3) is 4.21. The third-order valence-corrected chi connectivity index (χ3v) is 3.14. The second kappa shape index (κ2) is 7.09. The van der Waals surface area contributed by atoms with E-state index in [2.05, 4.69) is 15.6 Å². The Hall–Kier alpha value is -1.62. The number of ether oxygens (including phenoxy) is 1. The molecule has 0 aliphatic carbocycles. The van der Waals surface area contributed by atoms with Crippen molar-refractivity contribution in [2.45, 2.75) is 32.3 Å². The summed E-state index contributed by atoms with van der Waals surface area (Å²) in [5.74, 6) is -0.141. The average Bonchev–Trinajstić information content (AvgIpc) is 2.47. The van der Waals surface area contributed by atoms with Gasteiger partial charge in [-0.15, -0.1) is 0 Å². The molecule has 1 aromatic rings. The Morgan fingerprint density at radius 2 is 2.37 bits per heavy atom. The van der Waals surface area contributed by atoms with E-state index in [0.717, 1.165) is 31.7 Å². The first-order valence-electron chi connectivity index (χ1n) is 6.89. The number of hydrogen-bond acceptors (Lipinski definition) is 4. The second-order valence-electron chi connectivity index (χ2n) is 4.66. The monoisotopic (exact) mass is 263 g/mol. The molecule has 2 heterocycles. The van der Waals surface area contributed by atoms with Gasteiger partial charge in [0.1, 0.15) is 5.69 Å². The number of anilines is 1. The molecule has 104 valence electrons. The van der Waals surface area contributed by atoms with Crippen molar-refractivity contribution >= 4 is 11.6 Å². The highest BCUT2D eigenvalue weighted by molar-refractivity contribution is 5.92. The van der Waals surface area contributed by atoms with Gasteiger partial charge in [-0.25, -0.2) is 4.98 Å². The fraction of sp³-hybridized carbons (Fsp3) is 0.571. The van der Waals surface area contributed by atoms with Gasteiger partial charge in [0.05, 0.1) is 18.0 Å². The van der Waals surface area contributed by atoms with Crippen LogP contribution in [-0.4, -0.2) is 36.7 Å². The Labute approximate surface area is 113 Å². The van der Waals surface area contributed by atoms with Crippen LogP contribution in [0.25, 0.3) is 0 Å². The van der Waals surface area contributed by atoms with Gasteiger partial charge >= 0.3 is 0 Å². The minimum atomic E-state index is -0.141. The minimum Gasteiger partial charge on any atom is -0.384 e. The number of aromatic nitrogens is 1. The molecule has 0 bridgehead atoms. The van der Waals surface area contributed by atoms with E-state index in [1.165, 1.54) is 6.42 Å². The summed E-state index contributed by atoms with van der Waals surface area (Å²) in [6, 6.07) is 3.59. The van der Waals surface area contributed by atoms with Crippen LogP contribution in [0.2, 0.25) is 0 Å². The number of carbonyl (C=O) groups excluding carboxylic acids is 1. The first-order chi connectivity index (χ1) is 9.29. The zero-order chi connectivity index (χ0) is 13.5. The van der Waals surface area contributed by atoms with E-state index in [9.17, 15) is 4.79 Å². The molecular weight excluding hydrogens is 242 g/mol. The molecule has 1 aliphatic rings. The number of hydrogen-bond donors (Lipinski definition) is 2. The number of nitrogens with one attached hydrogen (secondary N) is 2. The fourth-order valence-corrected chi connectivity index (χ4v) is 2.10. The van der Waals surface area contributed by atoms with Crippen LogP contribution in [-0.2, 0) is 4.74 Å². The number of nitrogens with zero attached hydrogens (tertiary/aromatic N) is 1. The molecule has 0 spiro atoms. The van der Waals surface area contributed by atoms with Gasteiger partial charge in [-0.1, -0.05) is 0 Å². The van der Waals surface area contributed by atoms with Crippen molar-refractivity contribution < 1.29 is 9.53 Å². The second-order valence-corrected chi connectivity index (χ2v) is 4.66. The molecule has 2 rings (SSSR count). The molecule has 1 amide bonds. The van der Waals surface area contributed by atoms with Crippen molar-refractivity contribution in [3.8, 4) is 0 Å². The summed E-state index contributed by atoms with van der Waals surface area (Å²) >= 11 is 0. The maximum Gasteiger partial charge on any atom is 0.269 e. The zero-order valence-electron chi connectivity index (χ0n) is 11.3. The molecule has 0 saturated carbocycles. The quantitative estimate of drug-likeness (QED) is 0.850. The van der Waals surface area contributed by atoms with Gasteiger partial charge in [-0.3, -0.25) is 4.79 Å². The predicted molar refractivity (Wildman–Crippen MR) is 74.3 cm³/mol. The molecule has 2 N–H and O–H groups in total. The van der Waals surface area contributed by atoms with E-state index < -0.39 is 0 Å². The summed E-state index contributed by atoms with van der Waals surface area (Å²) in [6.07, 6.45) is 5.15. The van der Waals surface area contributed by atoms with Crippen LogP contribution in [0.4, 0.5) is 5.69 Å². The number of amides is 1. The first-order valence-corrected chi connectivity index (χ1v) is 6.89. The normalized spacial score (nSPS) is 18.9. The third-order valence-electron chi connectivity index (χ3n) is 3.14. The van der Waals surface area contributed by atoms with Gasteiger partial charge in [0.2, 0.25) is 0 Å². The van der Waals surface area contributed by atoms with E-state index in [1.807, 2.05) is 13.0 Å². The lowest BCUT2D eigenvalue weighted by atomic mass is 10.1. The summed E-state index contributed by atoms with van der Waals surface area (Å²) in [6.45, 7) is 4.22. The van der Waals surface area contributed by atoms with Crippen LogP contribution in [0, 0.1) is 0 Å². The van der Waals surface area contributed by atoms with E-state index in [-0.39, 0.29) is 12.0 Å². The molecule has 5 nitrogen and oxygen atoms in total. The smallest absolute Gasteiger partial charge is 0.269 e. The van der Waals surface area contributed by atoms with Crippen LogP contribution >= 0.6 is 0 Å². The van der Waals surface area contributed by atoms with Gasteiger partial charge in [0.25, 0.3) is 5.91 Å². The van der Waals surface area contributed by atoms with Crippen LogP contribution in [0.15, 0.2) is 18.3 Å². The minimum absolute atomic E-state index is 0.141. The Balaban J connectivity index is 1.81. The van der Waals surface area contributed by atoms with Crippen molar-refractivity contribution in [3.05, 3.63) is 24.0 Å². The predicted octanol–water partition coefficient (Wildman–Crippen LogP) is 1.81. The maximum absolute atomic E-state index is 11.9. The highest BCUT2D eigenvalue weighted by Gasteiger charge is 2.15. The van der Waals surface area contributed by atoms with Crippen LogP contribution in [0.5, 0.6) is 0 Å². The lowest BCUT2D eigenvalue weighted by Gasteiger charge is -2.22. The summed E-state index contributed by atoms with van der Waals surface area (Å²) in [5.41, 5.74) is 1.37. The van der Waals surface area contributed by atoms with Crippen LogP contribution in [0.3, 0.4) is 0 Å². The molecule has 0 aromatic carbocycles. The van der Waals surface area contributed by atoms with E-state index in [4.69, 9.17) is 4.74 Å². The van der Waals surface area contributed by atoms with Crippen LogP contribution in [0.1, 0.15) is 36.7 Å². The molecule has 1 atom stereocenters. The number of carbonyl (C=O) groups is 1. The van der Waals surface area contributed by atoms with Gasteiger partial charge < -0.3 is 15.4 Å². The van der Waals surface area contributed by atoms with Crippen molar-refractivity contribution in [1.29, 1.82) is 0 Å². The Morgan fingerprint density at radius 1 is 1.47 bits per heavy atom. The van der Waals surface area contributed by atoms with Crippen LogP contribution < -0.4 is 10.6 Å².